The average molecular weight is 246 g/mol. The number of rotatable bonds is 4. The van der Waals surface area contributed by atoms with Gasteiger partial charge in [-0.3, -0.25) is 0 Å². The summed E-state index contributed by atoms with van der Waals surface area (Å²) in [6, 6.07) is 4.89. The van der Waals surface area contributed by atoms with E-state index in [1.54, 1.807) is 19.1 Å². The van der Waals surface area contributed by atoms with Crippen LogP contribution in [-0.2, 0) is 0 Å². The minimum Gasteiger partial charge on any atom is -0.406 e. The molecule has 0 radical (unpaired) electrons. The smallest absolute Gasteiger partial charge is 0.406 e. The van der Waals surface area contributed by atoms with Crippen molar-refractivity contribution in [3.63, 3.8) is 0 Å². The van der Waals surface area contributed by atoms with Crippen molar-refractivity contribution in [1.29, 1.82) is 0 Å². The van der Waals surface area contributed by atoms with Crippen LogP contribution in [0.2, 0.25) is 0 Å². The number of halogens is 3. The Morgan fingerprint density at radius 1 is 1.18 bits per heavy atom. The van der Waals surface area contributed by atoms with Crippen molar-refractivity contribution in [2.45, 2.75) is 45.9 Å². The maximum absolute atomic E-state index is 12.1. The number of alkyl halides is 3. The Hall–Kier alpha value is -1.19. The van der Waals surface area contributed by atoms with Gasteiger partial charge in [0.15, 0.2) is 0 Å². The molecule has 0 saturated heterocycles. The first-order chi connectivity index (χ1) is 7.87. The molecule has 0 N–H and O–H groups in total. The molecule has 1 rings (SSSR count). The van der Waals surface area contributed by atoms with Gasteiger partial charge in [-0.2, -0.15) is 0 Å². The Kier molecular flexibility index (Phi) is 4.43. The Morgan fingerprint density at radius 2 is 1.76 bits per heavy atom. The van der Waals surface area contributed by atoms with E-state index in [-0.39, 0.29) is 5.75 Å². The van der Waals surface area contributed by atoms with Crippen LogP contribution < -0.4 is 4.74 Å². The lowest BCUT2D eigenvalue weighted by molar-refractivity contribution is -0.274. The summed E-state index contributed by atoms with van der Waals surface area (Å²) in [5, 5.41) is 0. The van der Waals surface area contributed by atoms with Crippen molar-refractivity contribution in [2.75, 3.05) is 0 Å². The summed E-state index contributed by atoms with van der Waals surface area (Å²) in [5.41, 5.74) is 1.59. The number of hydrogen-bond acceptors (Lipinski definition) is 1. The van der Waals surface area contributed by atoms with Gasteiger partial charge in [-0.1, -0.05) is 26.0 Å². The van der Waals surface area contributed by atoms with Crippen LogP contribution >= 0.6 is 0 Å². The van der Waals surface area contributed by atoms with Crippen molar-refractivity contribution in [1.82, 2.24) is 0 Å². The largest absolute Gasteiger partial charge is 0.573 e. The topological polar surface area (TPSA) is 9.23 Å². The highest BCUT2D eigenvalue weighted by atomic mass is 19.4. The van der Waals surface area contributed by atoms with E-state index in [9.17, 15) is 13.2 Å². The van der Waals surface area contributed by atoms with Crippen molar-refractivity contribution >= 4 is 0 Å². The highest BCUT2D eigenvalue weighted by Gasteiger charge is 2.31. The molecule has 1 nitrogen and oxygen atoms in total. The highest BCUT2D eigenvalue weighted by Crippen LogP contribution is 2.30. The van der Waals surface area contributed by atoms with E-state index in [1.165, 1.54) is 6.07 Å². The fourth-order valence-electron chi connectivity index (χ4n) is 1.93. The molecular weight excluding hydrogens is 229 g/mol. The Bertz CT molecular complexity index is 367. The molecule has 0 aliphatic heterocycles. The minimum atomic E-state index is -4.62. The molecule has 0 saturated carbocycles. The molecule has 0 unspecified atom stereocenters. The van der Waals surface area contributed by atoms with Crippen molar-refractivity contribution in [3.05, 3.63) is 29.3 Å². The second-order valence-electron chi connectivity index (χ2n) is 4.09. The fraction of sp³-hybridized carbons (Fsp3) is 0.538. The Labute approximate surface area is 99.6 Å². The third-order valence-corrected chi connectivity index (χ3v) is 2.88. The maximum atomic E-state index is 12.1. The number of benzene rings is 1. The van der Waals surface area contributed by atoms with Gasteiger partial charge in [0.25, 0.3) is 0 Å². The predicted molar refractivity (Wildman–Crippen MR) is 61.2 cm³/mol. The molecule has 1 aromatic carbocycles. The molecule has 0 atom stereocenters. The van der Waals surface area contributed by atoms with Crippen LogP contribution in [0.15, 0.2) is 18.2 Å². The summed E-state index contributed by atoms with van der Waals surface area (Å²) in [7, 11) is 0. The normalized spacial score (nSPS) is 11.9. The van der Waals surface area contributed by atoms with Crippen LogP contribution in [0.5, 0.6) is 5.75 Å². The molecule has 4 heteroatoms. The molecule has 0 aliphatic rings. The molecule has 17 heavy (non-hydrogen) atoms. The molecule has 0 amide bonds. The van der Waals surface area contributed by atoms with Crippen LogP contribution in [0.4, 0.5) is 13.2 Å². The van der Waals surface area contributed by atoms with E-state index in [1.807, 2.05) is 0 Å². The van der Waals surface area contributed by atoms with Gasteiger partial charge in [0.2, 0.25) is 0 Å². The second-order valence-corrected chi connectivity index (χ2v) is 4.09. The van der Waals surface area contributed by atoms with Crippen molar-refractivity contribution in [2.24, 2.45) is 0 Å². The number of aryl methyl sites for hydroxylation is 1. The number of ether oxygens (including phenoxy) is 1. The third kappa shape index (κ3) is 3.95. The van der Waals surface area contributed by atoms with Crippen LogP contribution in [0, 0.1) is 6.92 Å². The van der Waals surface area contributed by atoms with Crippen LogP contribution in [0.1, 0.15) is 43.7 Å². The summed E-state index contributed by atoms with van der Waals surface area (Å²) in [4.78, 5) is 0. The van der Waals surface area contributed by atoms with Gasteiger partial charge >= 0.3 is 6.36 Å². The van der Waals surface area contributed by atoms with E-state index in [4.69, 9.17) is 0 Å². The van der Waals surface area contributed by atoms with Crippen molar-refractivity contribution < 1.29 is 17.9 Å². The first kappa shape index (κ1) is 13.9. The van der Waals surface area contributed by atoms with Crippen molar-refractivity contribution in [3.8, 4) is 5.75 Å². The fourth-order valence-corrected chi connectivity index (χ4v) is 1.93. The number of hydrogen-bond donors (Lipinski definition) is 0. The van der Waals surface area contributed by atoms with Gasteiger partial charge in [0.1, 0.15) is 5.75 Å². The van der Waals surface area contributed by atoms with Gasteiger partial charge < -0.3 is 4.74 Å². The maximum Gasteiger partial charge on any atom is 0.573 e. The summed E-state index contributed by atoms with van der Waals surface area (Å²) >= 11 is 0. The summed E-state index contributed by atoms with van der Waals surface area (Å²) < 4.78 is 40.2. The van der Waals surface area contributed by atoms with E-state index in [0.29, 0.717) is 11.5 Å². The first-order valence-electron chi connectivity index (χ1n) is 5.73. The molecular formula is C13H17F3O. The van der Waals surface area contributed by atoms with Gasteiger partial charge in [0, 0.05) is 0 Å². The molecule has 0 aliphatic carbocycles. The van der Waals surface area contributed by atoms with E-state index >= 15 is 0 Å². The minimum absolute atomic E-state index is 0.118. The standard InChI is InChI=1S/C13H17F3O/c1-4-10(5-2)11-6-7-12(9(3)8-11)17-13(14,15)16/h6-8,10H,4-5H2,1-3H3. The lowest BCUT2D eigenvalue weighted by Gasteiger charge is -2.16. The summed E-state index contributed by atoms with van der Waals surface area (Å²) in [6.07, 6.45) is -2.66. The van der Waals surface area contributed by atoms with Crippen LogP contribution in [0.3, 0.4) is 0 Å². The average Bonchev–Trinajstić information content (AvgIpc) is 2.22. The molecule has 0 fully saturated rings. The monoisotopic (exact) mass is 246 g/mol. The zero-order valence-corrected chi connectivity index (χ0v) is 10.3. The Morgan fingerprint density at radius 3 is 2.18 bits per heavy atom. The molecule has 0 aromatic heterocycles. The highest BCUT2D eigenvalue weighted by molar-refractivity contribution is 5.37. The van der Waals surface area contributed by atoms with Crippen LogP contribution in [0.25, 0.3) is 0 Å². The zero-order chi connectivity index (χ0) is 13.1. The van der Waals surface area contributed by atoms with E-state index in [2.05, 4.69) is 18.6 Å². The summed E-state index contributed by atoms with van der Waals surface area (Å²) in [5.74, 6) is 0.279. The van der Waals surface area contributed by atoms with Crippen LogP contribution in [-0.4, -0.2) is 6.36 Å². The zero-order valence-electron chi connectivity index (χ0n) is 10.3. The van der Waals surface area contributed by atoms with Gasteiger partial charge in [-0.15, -0.1) is 13.2 Å². The SMILES string of the molecule is CCC(CC)c1ccc(OC(F)(F)F)c(C)c1. The quantitative estimate of drug-likeness (QED) is 0.741. The first-order valence-corrected chi connectivity index (χ1v) is 5.73. The summed E-state index contributed by atoms with van der Waals surface area (Å²) in [6.45, 7) is 5.78. The third-order valence-electron chi connectivity index (χ3n) is 2.88. The van der Waals surface area contributed by atoms with E-state index in [0.717, 1.165) is 18.4 Å². The lowest BCUT2D eigenvalue weighted by Crippen LogP contribution is -2.17. The van der Waals surface area contributed by atoms with Gasteiger partial charge in [-0.25, -0.2) is 0 Å². The molecule has 0 heterocycles. The Balaban J connectivity index is 2.93. The molecule has 96 valence electrons. The van der Waals surface area contributed by atoms with Gasteiger partial charge in [-0.05, 0) is 42.9 Å². The van der Waals surface area contributed by atoms with E-state index < -0.39 is 6.36 Å². The molecule has 0 spiro atoms. The van der Waals surface area contributed by atoms with Gasteiger partial charge in [0.05, 0.1) is 0 Å². The molecule has 0 bridgehead atoms. The second kappa shape index (κ2) is 5.43. The molecule has 1 aromatic rings. The predicted octanol–water partition coefficient (Wildman–Crippen LogP) is 4.80. The lowest BCUT2D eigenvalue weighted by atomic mass is 9.93.